The first-order valence-electron chi connectivity index (χ1n) is 6.83. The van der Waals surface area contributed by atoms with Gasteiger partial charge in [0.1, 0.15) is 0 Å². The summed E-state index contributed by atoms with van der Waals surface area (Å²) >= 11 is 7.67. The van der Waals surface area contributed by atoms with Crippen LogP contribution < -0.4 is 0 Å². The topological polar surface area (TPSA) is 38.7 Å². The highest BCUT2D eigenvalue weighted by atomic mass is 35.5. The van der Waals surface area contributed by atoms with Crippen LogP contribution in [0, 0.1) is 5.92 Å². The average molecular weight is 303 g/mol. The van der Waals surface area contributed by atoms with Crippen LogP contribution in [0.3, 0.4) is 0 Å². The van der Waals surface area contributed by atoms with E-state index in [1.165, 1.54) is 11.3 Å². The number of halogens is 1. The van der Waals surface area contributed by atoms with Gasteiger partial charge in [-0.2, -0.15) is 0 Å². The number of hydrogen-bond donors (Lipinski definition) is 1. The highest BCUT2D eigenvalue weighted by Gasteiger charge is 2.41. The van der Waals surface area contributed by atoms with E-state index in [0.29, 0.717) is 5.02 Å². The molecule has 3 rings (SSSR count). The van der Waals surface area contributed by atoms with Crippen molar-refractivity contribution >= 4 is 22.9 Å². The van der Waals surface area contributed by atoms with Gasteiger partial charge in [0, 0.05) is 19.8 Å². The Morgan fingerprint density at radius 1 is 1.37 bits per heavy atom. The Hall–Kier alpha value is -0.130. The largest absolute Gasteiger partial charge is 0.387 e. The van der Waals surface area contributed by atoms with Crippen molar-refractivity contribution < 1.29 is 14.6 Å². The quantitative estimate of drug-likeness (QED) is 0.910. The summed E-state index contributed by atoms with van der Waals surface area (Å²) in [4.78, 5) is 0.899. The second kappa shape index (κ2) is 5.70. The van der Waals surface area contributed by atoms with Gasteiger partial charge in [-0.05, 0) is 43.0 Å². The lowest BCUT2D eigenvalue weighted by molar-refractivity contribution is -0.158. The minimum atomic E-state index is -0.462. The zero-order valence-corrected chi connectivity index (χ0v) is 12.4. The van der Waals surface area contributed by atoms with Crippen molar-refractivity contribution in [3.63, 3.8) is 0 Å². The van der Waals surface area contributed by atoms with Crippen LogP contribution >= 0.6 is 22.9 Å². The first-order chi connectivity index (χ1) is 9.20. The normalized spacial score (nSPS) is 28.4. The van der Waals surface area contributed by atoms with Crippen molar-refractivity contribution in [2.45, 2.75) is 37.4 Å². The molecule has 19 heavy (non-hydrogen) atoms. The molecule has 0 aromatic carbocycles. The van der Waals surface area contributed by atoms with Gasteiger partial charge in [-0.3, -0.25) is 0 Å². The molecule has 2 atom stereocenters. The molecule has 3 heterocycles. The zero-order chi connectivity index (χ0) is 13.3. The molecule has 0 bridgehead atoms. The molecular formula is C14H19ClO3S. The predicted molar refractivity (Wildman–Crippen MR) is 75.7 cm³/mol. The Bertz CT molecular complexity index is 423. The van der Waals surface area contributed by atoms with Crippen LogP contribution in [0.2, 0.25) is 5.02 Å². The van der Waals surface area contributed by atoms with Gasteiger partial charge >= 0.3 is 0 Å². The van der Waals surface area contributed by atoms with Crippen molar-refractivity contribution in [3.8, 4) is 0 Å². The molecule has 2 saturated heterocycles. The second-order valence-corrected chi connectivity index (χ2v) is 6.83. The molecule has 1 aromatic heterocycles. The van der Waals surface area contributed by atoms with Gasteiger partial charge in [0.15, 0.2) is 0 Å². The van der Waals surface area contributed by atoms with E-state index in [9.17, 15) is 5.11 Å². The molecule has 1 N–H and O–H groups in total. The van der Waals surface area contributed by atoms with Crippen molar-refractivity contribution in [3.05, 3.63) is 21.3 Å². The lowest BCUT2D eigenvalue weighted by atomic mass is 9.78. The fourth-order valence-corrected chi connectivity index (χ4v) is 4.40. The zero-order valence-electron chi connectivity index (χ0n) is 10.8. The summed E-state index contributed by atoms with van der Waals surface area (Å²) < 4.78 is 11.4. The lowest BCUT2D eigenvalue weighted by Gasteiger charge is -2.44. The van der Waals surface area contributed by atoms with E-state index in [4.69, 9.17) is 21.1 Å². The molecule has 2 aliphatic heterocycles. The Morgan fingerprint density at radius 2 is 2.16 bits per heavy atom. The lowest BCUT2D eigenvalue weighted by Crippen LogP contribution is -2.45. The summed E-state index contributed by atoms with van der Waals surface area (Å²) in [7, 11) is 0. The first-order valence-corrected chi connectivity index (χ1v) is 8.09. The summed E-state index contributed by atoms with van der Waals surface area (Å²) in [6.07, 6.45) is 3.23. The predicted octanol–water partition coefficient (Wildman–Crippen LogP) is 3.41. The SMILES string of the molecule is OC(c1sccc1Cl)C1CCOC2(CCOCC2)C1. The van der Waals surface area contributed by atoms with Gasteiger partial charge in [-0.1, -0.05) is 11.6 Å². The van der Waals surface area contributed by atoms with Crippen molar-refractivity contribution in [2.24, 2.45) is 5.92 Å². The van der Waals surface area contributed by atoms with E-state index >= 15 is 0 Å². The third kappa shape index (κ3) is 2.83. The maximum absolute atomic E-state index is 10.6. The van der Waals surface area contributed by atoms with Gasteiger partial charge in [-0.15, -0.1) is 11.3 Å². The Balaban J connectivity index is 1.72. The number of rotatable bonds is 2. The fraction of sp³-hybridized carbons (Fsp3) is 0.714. The fourth-order valence-electron chi connectivity index (χ4n) is 3.16. The van der Waals surface area contributed by atoms with Crippen LogP contribution in [-0.4, -0.2) is 30.5 Å². The van der Waals surface area contributed by atoms with Crippen molar-refractivity contribution in [1.82, 2.24) is 0 Å². The molecule has 3 nitrogen and oxygen atoms in total. The van der Waals surface area contributed by atoms with E-state index < -0.39 is 6.10 Å². The minimum absolute atomic E-state index is 0.0775. The summed E-state index contributed by atoms with van der Waals surface area (Å²) in [5.74, 6) is 0.239. The summed E-state index contributed by atoms with van der Waals surface area (Å²) in [6.45, 7) is 2.26. The molecule has 0 aliphatic carbocycles. The van der Waals surface area contributed by atoms with Crippen LogP contribution in [0.25, 0.3) is 0 Å². The van der Waals surface area contributed by atoms with E-state index in [0.717, 1.165) is 50.4 Å². The molecular weight excluding hydrogens is 284 g/mol. The van der Waals surface area contributed by atoms with Crippen LogP contribution in [0.5, 0.6) is 0 Å². The van der Waals surface area contributed by atoms with Crippen LogP contribution in [0.15, 0.2) is 11.4 Å². The smallest absolute Gasteiger partial charge is 0.0926 e. The average Bonchev–Trinajstić information content (AvgIpc) is 2.85. The van der Waals surface area contributed by atoms with Gasteiger partial charge in [0.2, 0.25) is 0 Å². The molecule has 0 amide bonds. The summed E-state index contributed by atoms with van der Waals surface area (Å²) in [5.41, 5.74) is -0.0775. The number of thiophene rings is 1. The molecule has 2 unspecified atom stereocenters. The molecule has 0 saturated carbocycles. The molecule has 106 valence electrons. The minimum Gasteiger partial charge on any atom is -0.387 e. The number of aliphatic hydroxyl groups excluding tert-OH is 1. The van der Waals surface area contributed by atoms with Crippen molar-refractivity contribution in [1.29, 1.82) is 0 Å². The van der Waals surface area contributed by atoms with E-state index in [1.54, 1.807) is 0 Å². The molecule has 2 fully saturated rings. The second-order valence-electron chi connectivity index (χ2n) is 5.47. The highest BCUT2D eigenvalue weighted by molar-refractivity contribution is 7.10. The summed E-state index contributed by atoms with van der Waals surface area (Å²) in [5, 5.41) is 13.2. The van der Waals surface area contributed by atoms with Crippen LogP contribution in [0.4, 0.5) is 0 Å². The van der Waals surface area contributed by atoms with E-state index in [2.05, 4.69) is 0 Å². The standard InChI is InChI=1S/C14H19ClO3S/c15-11-2-8-19-13(11)12(16)10-1-5-18-14(9-10)3-6-17-7-4-14/h2,8,10,12,16H,1,3-7,9H2. The van der Waals surface area contributed by atoms with Gasteiger partial charge in [0.25, 0.3) is 0 Å². The van der Waals surface area contributed by atoms with Crippen LogP contribution in [-0.2, 0) is 9.47 Å². The van der Waals surface area contributed by atoms with E-state index in [1.807, 2.05) is 11.4 Å². The van der Waals surface area contributed by atoms with Gasteiger partial charge in [-0.25, -0.2) is 0 Å². The molecule has 0 radical (unpaired) electrons. The maximum Gasteiger partial charge on any atom is 0.0926 e. The van der Waals surface area contributed by atoms with Gasteiger partial charge < -0.3 is 14.6 Å². The molecule has 5 heteroatoms. The third-order valence-electron chi connectivity index (χ3n) is 4.30. The number of ether oxygens (including phenoxy) is 2. The Kier molecular flexibility index (Phi) is 4.15. The molecule has 2 aliphatic rings. The summed E-state index contributed by atoms with van der Waals surface area (Å²) in [6, 6.07) is 1.86. The number of aliphatic hydroxyl groups is 1. The van der Waals surface area contributed by atoms with Crippen molar-refractivity contribution in [2.75, 3.05) is 19.8 Å². The maximum atomic E-state index is 10.6. The van der Waals surface area contributed by atoms with E-state index in [-0.39, 0.29) is 11.5 Å². The number of hydrogen-bond acceptors (Lipinski definition) is 4. The Labute approximate surface area is 122 Å². The monoisotopic (exact) mass is 302 g/mol. The third-order valence-corrected chi connectivity index (χ3v) is 5.72. The molecule has 1 spiro atoms. The van der Waals surface area contributed by atoms with Gasteiger partial charge in [0.05, 0.1) is 21.6 Å². The van der Waals surface area contributed by atoms with Crippen LogP contribution in [0.1, 0.15) is 36.7 Å². The Morgan fingerprint density at radius 3 is 2.84 bits per heavy atom. The highest BCUT2D eigenvalue weighted by Crippen LogP contribution is 2.44. The molecule has 1 aromatic rings. The first kappa shape index (κ1) is 13.8.